The van der Waals surface area contributed by atoms with Gasteiger partial charge in [0.2, 0.25) is 17.7 Å². The Morgan fingerprint density at radius 2 is 1.92 bits per heavy atom. The molecule has 0 aliphatic carbocycles. The van der Waals surface area contributed by atoms with Crippen molar-refractivity contribution in [1.29, 1.82) is 0 Å². The van der Waals surface area contributed by atoms with Crippen molar-refractivity contribution in [3.63, 3.8) is 0 Å². The fourth-order valence-corrected chi connectivity index (χ4v) is 3.17. The third-order valence-corrected chi connectivity index (χ3v) is 4.42. The second-order valence-corrected chi connectivity index (χ2v) is 6.02. The van der Waals surface area contributed by atoms with Crippen LogP contribution in [0.3, 0.4) is 0 Å². The van der Waals surface area contributed by atoms with E-state index < -0.39 is 0 Å². The lowest BCUT2D eigenvalue weighted by Crippen LogP contribution is -2.02. The second kappa shape index (κ2) is 7.69. The molecule has 3 rings (SSSR count). The molecule has 0 aliphatic rings. The predicted molar refractivity (Wildman–Crippen MR) is 101 cm³/mol. The number of H-pyrrole nitrogens is 1. The number of aromatic nitrogens is 4. The maximum atomic E-state index is 5.71. The molecule has 3 heterocycles. The highest BCUT2D eigenvalue weighted by atomic mass is 79.9. The zero-order valence-corrected chi connectivity index (χ0v) is 16.0. The second-order valence-electron chi connectivity index (χ2n) is 5.22. The molecule has 0 amide bonds. The van der Waals surface area contributed by atoms with Crippen molar-refractivity contribution in [2.45, 2.75) is 27.2 Å². The topological polar surface area (TPSA) is 85.0 Å². The minimum absolute atomic E-state index is 0.443. The Hall–Kier alpha value is -2.35. The number of pyridine rings is 1. The van der Waals surface area contributed by atoms with E-state index in [1.165, 1.54) is 0 Å². The highest BCUT2D eigenvalue weighted by Crippen LogP contribution is 2.34. The average Bonchev–Trinajstić information content (AvgIpc) is 2.93. The highest BCUT2D eigenvalue weighted by molar-refractivity contribution is 9.10. The van der Waals surface area contributed by atoms with Crippen LogP contribution in [0, 0.1) is 0 Å². The van der Waals surface area contributed by atoms with Crippen molar-refractivity contribution in [1.82, 2.24) is 19.9 Å². The van der Waals surface area contributed by atoms with E-state index in [9.17, 15) is 0 Å². The van der Waals surface area contributed by atoms with E-state index in [0.717, 1.165) is 33.3 Å². The van der Waals surface area contributed by atoms with Crippen LogP contribution in [-0.2, 0) is 6.42 Å². The molecule has 3 aromatic rings. The fourth-order valence-electron chi connectivity index (χ4n) is 2.43. The van der Waals surface area contributed by atoms with Crippen molar-refractivity contribution >= 4 is 38.6 Å². The summed E-state index contributed by atoms with van der Waals surface area (Å²) < 4.78 is 12.0. The number of anilines is 2. The van der Waals surface area contributed by atoms with Crippen molar-refractivity contribution in [3.8, 4) is 11.8 Å². The summed E-state index contributed by atoms with van der Waals surface area (Å²) in [6.07, 6.45) is 2.54. The van der Waals surface area contributed by atoms with Crippen molar-refractivity contribution < 1.29 is 9.47 Å². The summed E-state index contributed by atoms with van der Waals surface area (Å²) in [6.45, 7) is 7.03. The van der Waals surface area contributed by atoms with Gasteiger partial charge in [0, 0.05) is 11.8 Å². The molecule has 3 aromatic heterocycles. The molecule has 2 N–H and O–H groups in total. The number of ether oxygens (including phenoxy) is 2. The molecule has 0 atom stereocenters. The average molecular weight is 406 g/mol. The number of fused-ring (bicyclic) bond motifs is 1. The Bertz CT molecular complexity index is 864. The summed E-state index contributed by atoms with van der Waals surface area (Å²) in [5.74, 6) is 1.57. The van der Waals surface area contributed by atoms with Gasteiger partial charge in [0.05, 0.1) is 35.0 Å². The molecular formula is C17H20BrN5O2. The van der Waals surface area contributed by atoms with E-state index in [-0.39, 0.29) is 0 Å². The molecule has 0 bridgehead atoms. The largest absolute Gasteiger partial charge is 0.478 e. The van der Waals surface area contributed by atoms with E-state index in [1.807, 2.05) is 19.9 Å². The molecule has 0 aromatic carbocycles. The van der Waals surface area contributed by atoms with Crippen LogP contribution in [0.1, 0.15) is 26.5 Å². The van der Waals surface area contributed by atoms with Gasteiger partial charge >= 0.3 is 0 Å². The van der Waals surface area contributed by atoms with Gasteiger partial charge < -0.3 is 19.8 Å². The smallest absolute Gasteiger partial charge is 0.232 e. The SMILES string of the molecule is CCOc1ccc(Nc2nc(OCC)c3c(Br)c(CC)[nH]c3n2)cn1. The number of halogens is 1. The summed E-state index contributed by atoms with van der Waals surface area (Å²) in [5, 5.41) is 4.01. The number of hydrogen-bond acceptors (Lipinski definition) is 6. The number of aryl methyl sites for hydroxylation is 1. The van der Waals surface area contributed by atoms with Gasteiger partial charge in [-0.3, -0.25) is 0 Å². The van der Waals surface area contributed by atoms with Crippen molar-refractivity contribution in [2.24, 2.45) is 0 Å². The maximum absolute atomic E-state index is 5.71. The number of rotatable bonds is 7. The van der Waals surface area contributed by atoms with Crippen LogP contribution in [-0.4, -0.2) is 33.1 Å². The standard InChI is InChI=1S/C17H20BrN5O2/c1-4-11-14(18)13-15(21-11)22-17(23-16(13)25-6-3)20-10-7-8-12(19-9-10)24-5-2/h7-9H,4-6H2,1-3H3,(H2,20,21,22,23). The lowest BCUT2D eigenvalue weighted by molar-refractivity contribution is 0.327. The zero-order chi connectivity index (χ0) is 17.8. The Kier molecular flexibility index (Phi) is 5.37. The van der Waals surface area contributed by atoms with Crippen LogP contribution in [0.25, 0.3) is 11.0 Å². The summed E-state index contributed by atoms with van der Waals surface area (Å²) >= 11 is 3.61. The highest BCUT2D eigenvalue weighted by Gasteiger charge is 2.17. The molecular weight excluding hydrogens is 386 g/mol. The van der Waals surface area contributed by atoms with Gasteiger partial charge in [-0.15, -0.1) is 0 Å². The van der Waals surface area contributed by atoms with Crippen molar-refractivity contribution in [3.05, 3.63) is 28.5 Å². The molecule has 0 radical (unpaired) electrons. The number of nitrogens with zero attached hydrogens (tertiary/aromatic N) is 3. The minimum atomic E-state index is 0.443. The molecule has 8 heteroatoms. The lowest BCUT2D eigenvalue weighted by atomic mass is 10.3. The van der Waals surface area contributed by atoms with E-state index in [0.29, 0.717) is 30.9 Å². The first-order chi connectivity index (χ1) is 12.2. The van der Waals surface area contributed by atoms with Crippen LogP contribution in [0.4, 0.5) is 11.6 Å². The number of nitrogens with one attached hydrogen (secondary N) is 2. The minimum Gasteiger partial charge on any atom is -0.478 e. The van der Waals surface area contributed by atoms with Crippen LogP contribution in [0.2, 0.25) is 0 Å². The predicted octanol–water partition coefficient (Wildman–Crippen LogP) is 4.22. The molecule has 0 saturated carbocycles. The Balaban J connectivity index is 1.95. The number of hydrogen-bond donors (Lipinski definition) is 2. The zero-order valence-electron chi connectivity index (χ0n) is 14.4. The summed E-state index contributed by atoms with van der Waals surface area (Å²) in [7, 11) is 0. The van der Waals surface area contributed by atoms with Gasteiger partial charge in [0.1, 0.15) is 5.65 Å². The Labute approximate surface area is 154 Å². The first-order valence-electron chi connectivity index (χ1n) is 8.23. The van der Waals surface area contributed by atoms with Gasteiger partial charge in [-0.1, -0.05) is 6.92 Å². The summed E-state index contributed by atoms with van der Waals surface area (Å²) in [5.41, 5.74) is 2.56. The van der Waals surface area contributed by atoms with Crippen LogP contribution in [0.5, 0.6) is 11.8 Å². The van der Waals surface area contributed by atoms with E-state index in [1.54, 1.807) is 12.3 Å². The van der Waals surface area contributed by atoms with E-state index in [2.05, 4.69) is 48.1 Å². The molecule has 0 fully saturated rings. The van der Waals surface area contributed by atoms with E-state index in [4.69, 9.17) is 9.47 Å². The summed E-state index contributed by atoms with van der Waals surface area (Å²) in [4.78, 5) is 16.6. The van der Waals surface area contributed by atoms with Crippen LogP contribution < -0.4 is 14.8 Å². The Morgan fingerprint density at radius 3 is 2.56 bits per heavy atom. The van der Waals surface area contributed by atoms with Gasteiger partial charge in [-0.05, 0) is 42.3 Å². The third kappa shape index (κ3) is 3.68. The quantitative estimate of drug-likeness (QED) is 0.611. The van der Waals surface area contributed by atoms with Crippen LogP contribution >= 0.6 is 15.9 Å². The summed E-state index contributed by atoms with van der Waals surface area (Å²) in [6, 6.07) is 3.67. The molecule has 7 nitrogen and oxygen atoms in total. The van der Waals surface area contributed by atoms with Crippen LogP contribution in [0.15, 0.2) is 22.8 Å². The fraction of sp³-hybridized carbons (Fsp3) is 0.353. The lowest BCUT2D eigenvalue weighted by Gasteiger charge is -2.09. The monoisotopic (exact) mass is 405 g/mol. The maximum Gasteiger partial charge on any atom is 0.232 e. The molecule has 0 spiro atoms. The molecule has 25 heavy (non-hydrogen) atoms. The molecule has 0 unspecified atom stereocenters. The van der Waals surface area contributed by atoms with Gasteiger partial charge in [0.25, 0.3) is 0 Å². The van der Waals surface area contributed by atoms with Gasteiger partial charge in [-0.2, -0.15) is 9.97 Å². The first kappa shape index (κ1) is 17.5. The number of aromatic amines is 1. The Morgan fingerprint density at radius 1 is 1.12 bits per heavy atom. The third-order valence-electron chi connectivity index (χ3n) is 3.55. The van der Waals surface area contributed by atoms with Crippen molar-refractivity contribution in [2.75, 3.05) is 18.5 Å². The van der Waals surface area contributed by atoms with E-state index >= 15 is 0 Å². The normalized spacial score (nSPS) is 10.9. The first-order valence-corrected chi connectivity index (χ1v) is 9.02. The molecule has 0 aliphatic heterocycles. The molecule has 0 saturated heterocycles. The van der Waals surface area contributed by atoms with Gasteiger partial charge in [0.15, 0.2) is 0 Å². The molecule has 132 valence electrons. The van der Waals surface area contributed by atoms with Gasteiger partial charge in [-0.25, -0.2) is 4.98 Å².